The summed E-state index contributed by atoms with van der Waals surface area (Å²) >= 11 is 0. The fourth-order valence-corrected chi connectivity index (χ4v) is 2.98. The van der Waals surface area contributed by atoms with E-state index < -0.39 is 35.4 Å². The summed E-state index contributed by atoms with van der Waals surface area (Å²) in [7, 11) is 0.995. The molecule has 0 aliphatic heterocycles. The maximum atomic E-state index is 13.4. The lowest BCUT2D eigenvalue weighted by Crippen LogP contribution is -2.31. The highest BCUT2D eigenvalue weighted by Crippen LogP contribution is 2.67. The number of rotatable bonds is 4. The van der Waals surface area contributed by atoms with Crippen LogP contribution in [0.15, 0.2) is 30.3 Å². The fraction of sp³-hybridized carbons (Fsp3) is 0.467. The molecule has 1 aliphatic rings. The minimum atomic E-state index is -4.72. The Morgan fingerprint density at radius 1 is 1.23 bits per heavy atom. The van der Waals surface area contributed by atoms with Crippen molar-refractivity contribution in [2.45, 2.75) is 18.5 Å². The van der Waals surface area contributed by atoms with E-state index in [1.54, 1.807) is 6.07 Å². The van der Waals surface area contributed by atoms with Gasteiger partial charge in [0, 0.05) is 0 Å². The highest BCUT2D eigenvalue weighted by Gasteiger charge is 2.83. The molecule has 4 nitrogen and oxygen atoms in total. The van der Waals surface area contributed by atoms with Crippen molar-refractivity contribution in [3.8, 4) is 0 Å². The van der Waals surface area contributed by atoms with Crippen LogP contribution < -0.4 is 0 Å². The van der Waals surface area contributed by atoms with Crippen LogP contribution in [0.3, 0.4) is 0 Å². The van der Waals surface area contributed by atoms with Gasteiger partial charge in [-0.3, -0.25) is 9.59 Å². The Kier molecular flexibility index (Phi) is 4.17. The van der Waals surface area contributed by atoms with Gasteiger partial charge in [-0.05, 0) is 12.5 Å². The second-order valence-electron chi connectivity index (χ2n) is 4.98. The molecule has 0 unspecified atom stereocenters. The predicted octanol–water partition coefficient (Wildman–Crippen LogP) is 2.47. The van der Waals surface area contributed by atoms with E-state index in [9.17, 15) is 22.8 Å². The summed E-state index contributed by atoms with van der Waals surface area (Å²) in [4.78, 5) is 24.1. The van der Waals surface area contributed by atoms with Crippen LogP contribution in [-0.2, 0) is 24.5 Å². The van der Waals surface area contributed by atoms with Crippen LogP contribution in [0.25, 0.3) is 0 Å². The van der Waals surface area contributed by atoms with E-state index in [1.807, 2.05) is 0 Å². The first-order chi connectivity index (χ1) is 10.3. The van der Waals surface area contributed by atoms with E-state index in [4.69, 9.17) is 4.74 Å². The van der Waals surface area contributed by atoms with Crippen molar-refractivity contribution in [3.05, 3.63) is 35.9 Å². The monoisotopic (exact) mass is 316 g/mol. The van der Waals surface area contributed by atoms with Gasteiger partial charge in [-0.25, -0.2) is 0 Å². The highest BCUT2D eigenvalue weighted by atomic mass is 19.4. The van der Waals surface area contributed by atoms with Gasteiger partial charge in [0.1, 0.15) is 5.41 Å². The number of ether oxygens (including phenoxy) is 2. The van der Waals surface area contributed by atoms with Gasteiger partial charge in [-0.1, -0.05) is 30.3 Å². The zero-order valence-electron chi connectivity index (χ0n) is 12.0. The number of carbonyl (C=O) groups is 2. The van der Waals surface area contributed by atoms with Gasteiger partial charge in [0.25, 0.3) is 0 Å². The number of halogens is 3. The van der Waals surface area contributed by atoms with Gasteiger partial charge < -0.3 is 9.47 Å². The van der Waals surface area contributed by atoms with Crippen LogP contribution in [0.1, 0.15) is 12.5 Å². The van der Waals surface area contributed by atoms with Crippen LogP contribution in [0.4, 0.5) is 13.2 Å². The molecule has 2 rings (SSSR count). The van der Waals surface area contributed by atoms with Crippen molar-refractivity contribution in [1.82, 2.24) is 0 Å². The maximum absolute atomic E-state index is 13.4. The lowest BCUT2D eigenvalue weighted by Gasteiger charge is -2.18. The lowest BCUT2D eigenvalue weighted by molar-refractivity contribution is -0.168. The zero-order valence-corrected chi connectivity index (χ0v) is 12.0. The van der Waals surface area contributed by atoms with E-state index in [2.05, 4.69) is 4.74 Å². The van der Waals surface area contributed by atoms with Crippen molar-refractivity contribution in [1.29, 1.82) is 0 Å². The topological polar surface area (TPSA) is 52.6 Å². The Labute approximate surface area is 125 Å². The maximum Gasteiger partial charge on any atom is 0.394 e. The predicted molar refractivity (Wildman–Crippen MR) is 69.8 cm³/mol. The normalized spacial score (nSPS) is 27.1. The minimum Gasteiger partial charge on any atom is -0.469 e. The van der Waals surface area contributed by atoms with Gasteiger partial charge in [0.05, 0.1) is 25.6 Å². The molecular formula is C15H15F3O4. The molecule has 1 fully saturated rings. The molecule has 0 spiro atoms. The van der Waals surface area contributed by atoms with Gasteiger partial charge in [-0.2, -0.15) is 13.2 Å². The molecule has 0 saturated heterocycles. The molecule has 1 aromatic rings. The molecule has 7 heteroatoms. The standard InChI is InChI=1S/C15H15F3O4/c1-3-22-13(20)14(9-7-5-4-6-8-9)10(12(19)21-2)11(14)15(16,17)18/h4-8,10-11H,3H2,1-2H3/t10-,11+,14-/m1/s1. The first kappa shape index (κ1) is 16.3. The Bertz CT molecular complexity index is 570. The zero-order chi connectivity index (χ0) is 16.5. The van der Waals surface area contributed by atoms with Gasteiger partial charge in [0.2, 0.25) is 0 Å². The van der Waals surface area contributed by atoms with E-state index in [0.29, 0.717) is 0 Å². The van der Waals surface area contributed by atoms with Gasteiger partial charge in [0.15, 0.2) is 0 Å². The third kappa shape index (κ3) is 2.34. The summed E-state index contributed by atoms with van der Waals surface area (Å²) in [6.45, 7) is 1.42. The van der Waals surface area contributed by atoms with Crippen molar-refractivity contribution < 1.29 is 32.2 Å². The summed E-state index contributed by atoms with van der Waals surface area (Å²) in [5, 5.41) is 0. The Morgan fingerprint density at radius 2 is 1.82 bits per heavy atom. The number of hydrogen-bond donors (Lipinski definition) is 0. The Hall–Kier alpha value is -2.05. The van der Waals surface area contributed by atoms with Crippen LogP contribution in [-0.4, -0.2) is 31.8 Å². The summed E-state index contributed by atoms with van der Waals surface area (Å²) < 4.78 is 49.3. The van der Waals surface area contributed by atoms with Crippen LogP contribution in [0.2, 0.25) is 0 Å². The average molecular weight is 316 g/mol. The van der Waals surface area contributed by atoms with Crippen molar-refractivity contribution in [2.75, 3.05) is 13.7 Å². The third-order valence-electron chi connectivity index (χ3n) is 3.88. The minimum absolute atomic E-state index is 0.0775. The van der Waals surface area contributed by atoms with Crippen LogP contribution in [0.5, 0.6) is 0 Å². The largest absolute Gasteiger partial charge is 0.469 e. The summed E-state index contributed by atoms with van der Waals surface area (Å²) in [6, 6.07) is 7.41. The summed E-state index contributed by atoms with van der Waals surface area (Å²) in [6.07, 6.45) is -4.72. The molecule has 22 heavy (non-hydrogen) atoms. The first-order valence-electron chi connectivity index (χ1n) is 6.69. The molecule has 1 aliphatic carbocycles. The number of methoxy groups -OCH3 is 1. The number of alkyl halides is 3. The fourth-order valence-electron chi connectivity index (χ4n) is 2.98. The quantitative estimate of drug-likeness (QED) is 0.801. The van der Waals surface area contributed by atoms with Gasteiger partial charge >= 0.3 is 18.1 Å². The highest BCUT2D eigenvalue weighted by molar-refractivity contribution is 5.97. The van der Waals surface area contributed by atoms with Crippen LogP contribution >= 0.6 is 0 Å². The van der Waals surface area contributed by atoms with E-state index in [-0.39, 0.29) is 12.2 Å². The smallest absolute Gasteiger partial charge is 0.394 e. The Morgan fingerprint density at radius 3 is 2.27 bits per heavy atom. The molecule has 0 N–H and O–H groups in total. The Balaban J connectivity index is 2.58. The number of carbonyl (C=O) groups excluding carboxylic acids is 2. The first-order valence-corrected chi connectivity index (χ1v) is 6.69. The molecule has 1 saturated carbocycles. The number of hydrogen-bond acceptors (Lipinski definition) is 4. The van der Waals surface area contributed by atoms with Crippen molar-refractivity contribution >= 4 is 11.9 Å². The second-order valence-corrected chi connectivity index (χ2v) is 4.98. The summed E-state index contributed by atoms with van der Waals surface area (Å²) in [5.74, 6) is -5.90. The lowest BCUT2D eigenvalue weighted by atomic mass is 9.91. The number of benzene rings is 1. The molecule has 0 heterocycles. The SMILES string of the molecule is CCOC(=O)[C@@]1(c2ccccc2)[C@@H](C(F)(F)F)[C@@H]1C(=O)OC. The van der Waals surface area contributed by atoms with E-state index in [0.717, 1.165) is 7.11 Å². The van der Waals surface area contributed by atoms with Crippen molar-refractivity contribution in [3.63, 3.8) is 0 Å². The van der Waals surface area contributed by atoms with E-state index in [1.165, 1.54) is 31.2 Å². The third-order valence-corrected chi connectivity index (χ3v) is 3.88. The average Bonchev–Trinajstić information content (AvgIpc) is 3.19. The molecule has 0 radical (unpaired) electrons. The van der Waals surface area contributed by atoms with Crippen LogP contribution in [0, 0.1) is 11.8 Å². The molecule has 3 atom stereocenters. The summed E-state index contributed by atoms with van der Waals surface area (Å²) in [5.41, 5.74) is -1.96. The molecule has 120 valence electrons. The van der Waals surface area contributed by atoms with E-state index >= 15 is 0 Å². The molecule has 1 aromatic carbocycles. The molecule has 0 amide bonds. The molecule has 0 aromatic heterocycles. The van der Waals surface area contributed by atoms with Gasteiger partial charge in [-0.15, -0.1) is 0 Å². The number of esters is 2. The van der Waals surface area contributed by atoms with Crippen molar-refractivity contribution in [2.24, 2.45) is 11.8 Å². The molecule has 0 bridgehead atoms. The molecular weight excluding hydrogens is 301 g/mol. The second kappa shape index (κ2) is 5.62.